The number of imide groups is 1. The summed E-state index contributed by atoms with van der Waals surface area (Å²) in [7, 11) is 0. The Morgan fingerprint density at radius 3 is 2.06 bits per heavy atom. The van der Waals surface area contributed by atoms with Crippen LogP contribution in [0, 0.1) is 6.92 Å². The number of amides is 2. The molecule has 162 valence electrons. The highest BCUT2D eigenvalue weighted by Gasteiger charge is 2.38. The molecule has 2 amide bonds. The summed E-state index contributed by atoms with van der Waals surface area (Å²) in [5.74, 6) is -0.584. The Bertz CT molecular complexity index is 1160. The van der Waals surface area contributed by atoms with E-state index in [-0.39, 0.29) is 11.8 Å². The van der Waals surface area contributed by atoms with Gasteiger partial charge in [0.15, 0.2) is 0 Å². The Kier molecular flexibility index (Phi) is 6.42. The van der Waals surface area contributed by atoms with Gasteiger partial charge >= 0.3 is 0 Å². The predicted octanol–water partition coefficient (Wildman–Crippen LogP) is 5.65. The first-order valence-corrected chi connectivity index (χ1v) is 11.1. The van der Waals surface area contributed by atoms with Gasteiger partial charge in [-0.15, -0.1) is 0 Å². The zero-order valence-corrected chi connectivity index (χ0v) is 18.9. The first-order valence-electron chi connectivity index (χ1n) is 10.7. The molecule has 1 aliphatic heterocycles. The number of halogens is 1. The summed E-state index contributed by atoms with van der Waals surface area (Å²) >= 11 is 5.96. The number of rotatable bonds is 7. The van der Waals surface area contributed by atoms with Gasteiger partial charge in [0.05, 0.1) is 5.57 Å². The number of carbonyl (C=O) groups excluding carboxylic acids is 2. The summed E-state index contributed by atoms with van der Waals surface area (Å²) in [4.78, 5) is 28.0. The molecule has 0 atom stereocenters. The summed E-state index contributed by atoms with van der Waals surface area (Å²) in [6, 6.07) is 23.0. The number of hydrogen-bond acceptors (Lipinski definition) is 3. The molecule has 3 aromatic rings. The molecular formula is C27H25ClN2O2. The highest BCUT2D eigenvalue weighted by atomic mass is 35.5. The molecule has 0 aromatic heterocycles. The van der Waals surface area contributed by atoms with Gasteiger partial charge < -0.3 is 5.32 Å². The van der Waals surface area contributed by atoms with E-state index in [0.717, 1.165) is 28.8 Å². The molecule has 32 heavy (non-hydrogen) atoms. The van der Waals surface area contributed by atoms with Crippen LogP contribution in [0.2, 0.25) is 5.02 Å². The molecule has 0 aliphatic carbocycles. The minimum absolute atomic E-state index is 0.277. The number of aryl methyl sites for hydroxylation is 2. The molecule has 4 nitrogen and oxygen atoms in total. The third-order valence-corrected chi connectivity index (χ3v) is 5.93. The van der Waals surface area contributed by atoms with Crippen molar-refractivity contribution in [3.63, 3.8) is 0 Å². The maximum Gasteiger partial charge on any atom is 0.278 e. The van der Waals surface area contributed by atoms with Gasteiger partial charge in [-0.05, 0) is 60.7 Å². The lowest BCUT2D eigenvalue weighted by Crippen LogP contribution is -2.34. The third-order valence-electron chi connectivity index (χ3n) is 5.68. The third kappa shape index (κ3) is 4.61. The van der Waals surface area contributed by atoms with Crippen molar-refractivity contribution in [2.75, 3.05) is 11.9 Å². The Balaban J connectivity index is 1.64. The van der Waals surface area contributed by atoms with E-state index in [0.29, 0.717) is 29.3 Å². The molecule has 0 fully saturated rings. The number of benzene rings is 3. The van der Waals surface area contributed by atoms with Gasteiger partial charge in [-0.2, -0.15) is 0 Å². The average molecular weight is 445 g/mol. The van der Waals surface area contributed by atoms with Crippen molar-refractivity contribution in [1.29, 1.82) is 0 Å². The molecule has 0 unspecified atom stereocenters. The smallest absolute Gasteiger partial charge is 0.278 e. The van der Waals surface area contributed by atoms with Gasteiger partial charge in [0.25, 0.3) is 11.8 Å². The zero-order valence-electron chi connectivity index (χ0n) is 18.2. The standard InChI is InChI=1S/C27H25ClN2O2/c1-3-19-8-14-23(15-9-19)29-25-24(21-10-4-18(2)5-11-21)26(31)30(27(25)32)17-16-20-6-12-22(28)13-7-20/h4-15,29H,3,16-17H2,1-2H3. The summed E-state index contributed by atoms with van der Waals surface area (Å²) in [5.41, 5.74) is 5.56. The van der Waals surface area contributed by atoms with E-state index in [9.17, 15) is 9.59 Å². The summed E-state index contributed by atoms with van der Waals surface area (Å²) in [6.07, 6.45) is 1.50. The molecule has 0 radical (unpaired) electrons. The minimum Gasteiger partial charge on any atom is -0.350 e. The fourth-order valence-corrected chi connectivity index (χ4v) is 3.87. The first-order chi connectivity index (χ1) is 15.5. The van der Waals surface area contributed by atoms with E-state index in [2.05, 4.69) is 12.2 Å². The Morgan fingerprint density at radius 1 is 0.812 bits per heavy atom. The van der Waals surface area contributed by atoms with Crippen molar-refractivity contribution >= 4 is 34.7 Å². The molecule has 1 N–H and O–H groups in total. The van der Waals surface area contributed by atoms with Crippen LogP contribution >= 0.6 is 11.6 Å². The lowest BCUT2D eigenvalue weighted by Gasteiger charge is -2.15. The minimum atomic E-state index is -0.306. The molecule has 4 rings (SSSR count). The van der Waals surface area contributed by atoms with Crippen LogP contribution < -0.4 is 5.32 Å². The second-order valence-electron chi connectivity index (χ2n) is 7.93. The average Bonchev–Trinajstić information content (AvgIpc) is 3.03. The van der Waals surface area contributed by atoms with Crippen molar-refractivity contribution < 1.29 is 9.59 Å². The number of hydrogen-bond donors (Lipinski definition) is 1. The van der Waals surface area contributed by atoms with Crippen LogP contribution in [0.5, 0.6) is 0 Å². The lowest BCUT2D eigenvalue weighted by atomic mass is 10.0. The van der Waals surface area contributed by atoms with Gasteiger partial charge in [0.1, 0.15) is 5.70 Å². The van der Waals surface area contributed by atoms with Gasteiger partial charge in [-0.1, -0.05) is 72.6 Å². The van der Waals surface area contributed by atoms with Crippen molar-refractivity contribution in [2.45, 2.75) is 26.7 Å². The summed E-state index contributed by atoms with van der Waals surface area (Å²) in [5, 5.41) is 3.88. The van der Waals surface area contributed by atoms with Crippen LogP contribution in [0.3, 0.4) is 0 Å². The van der Waals surface area contributed by atoms with E-state index in [1.165, 1.54) is 10.5 Å². The molecule has 0 bridgehead atoms. The van der Waals surface area contributed by atoms with Crippen molar-refractivity contribution in [1.82, 2.24) is 4.90 Å². The Labute approximate surface area is 193 Å². The number of anilines is 1. The lowest BCUT2D eigenvalue weighted by molar-refractivity contribution is -0.136. The van der Waals surface area contributed by atoms with E-state index in [4.69, 9.17) is 11.6 Å². The molecule has 0 saturated heterocycles. The summed E-state index contributed by atoms with van der Waals surface area (Å²) in [6.45, 7) is 4.39. The van der Waals surface area contributed by atoms with E-state index < -0.39 is 0 Å². The van der Waals surface area contributed by atoms with Crippen molar-refractivity contribution in [3.8, 4) is 0 Å². The first kappa shape index (κ1) is 21.8. The van der Waals surface area contributed by atoms with Gasteiger partial charge in [0, 0.05) is 17.3 Å². The second-order valence-corrected chi connectivity index (χ2v) is 8.37. The zero-order chi connectivity index (χ0) is 22.7. The van der Waals surface area contributed by atoms with Crippen molar-refractivity contribution in [3.05, 3.63) is 106 Å². The topological polar surface area (TPSA) is 49.4 Å². The van der Waals surface area contributed by atoms with E-state index >= 15 is 0 Å². The molecule has 1 aliphatic rings. The SMILES string of the molecule is CCc1ccc(NC2=C(c3ccc(C)cc3)C(=O)N(CCc3ccc(Cl)cc3)C2=O)cc1. The molecular weight excluding hydrogens is 420 g/mol. The molecule has 0 saturated carbocycles. The number of carbonyl (C=O) groups is 2. The van der Waals surface area contributed by atoms with Gasteiger partial charge in [-0.25, -0.2) is 0 Å². The molecule has 5 heteroatoms. The van der Waals surface area contributed by atoms with Gasteiger partial charge in [0.2, 0.25) is 0 Å². The van der Waals surface area contributed by atoms with Crippen LogP contribution in [-0.4, -0.2) is 23.3 Å². The number of nitrogens with zero attached hydrogens (tertiary/aromatic N) is 1. The van der Waals surface area contributed by atoms with Crippen LogP contribution in [-0.2, 0) is 22.4 Å². The fourth-order valence-electron chi connectivity index (χ4n) is 3.74. The quantitative estimate of drug-likeness (QED) is 0.479. The molecule has 1 heterocycles. The normalized spacial score (nSPS) is 13.8. The largest absolute Gasteiger partial charge is 0.350 e. The second kappa shape index (κ2) is 9.41. The Morgan fingerprint density at radius 2 is 1.44 bits per heavy atom. The predicted molar refractivity (Wildman–Crippen MR) is 129 cm³/mol. The number of nitrogens with one attached hydrogen (secondary N) is 1. The highest BCUT2D eigenvalue weighted by molar-refractivity contribution is 6.36. The van der Waals surface area contributed by atoms with Crippen LogP contribution in [0.15, 0.2) is 78.5 Å². The van der Waals surface area contributed by atoms with Crippen LogP contribution in [0.1, 0.15) is 29.2 Å². The molecule has 3 aromatic carbocycles. The van der Waals surface area contributed by atoms with E-state index in [1.807, 2.05) is 79.7 Å². The van der Waals surface area contributed by atoms with Crippen LogP contribution in [0.4, 0.5) is 5.69 Å². The maximum absolute atomic E-state index is 13.4. The Hall–Kier alpha value is -3.37. The summed E-state index contributed by atoms with van der Waals surface area (Å²) < 4.78 is 0. The fraction of sp³-hybridized carbons (Fsp3) is 0.185. The monoisotopic (exact) mass is 444 g/mol. The molecule has 0 spiro atoms. The highest BCUT2D eigenvalue weighted by Crippen LogP contribution is 2.31. The van der Waals surface area contributed by atoms with E-state index in [1.54, 1.807) is 0 Å². The van der Waals surface area contributed by atoms with Crippen molar-refractivity contribution in [2.24, 2.45) is 0 Å². The van der Waals surface area contributed by atoms with Crippen LogP contribution in [0.25, 0.3) is 5.57 Å². The maximum atomic E-state index is 13.4. The van der Waals surface area contributed by atoms with Gasteiger partial charge in [-0.3, -0.25) is 14.5 Å².